The molecule has 0 heterocycles. The third kappa shape index (κ3) is 74.9. The average Bonchev–Trinajstić information content (AvgIpc) is 3.68. The molecular formula is C79H150NO8P. The van der Waals surface area contributed by atoms with Crippen molar-refractivity contribution in [1.29, 1.82) is 0 Å². The molecule has 0 aromatic rings. The van der Waals surface area contributed by atoms with Gasteiger partial charge >= 0.3 is 19.8 Å². The highest BCUT2D eigenvalue weighted by molar-refractivity contribution is 7.47. The van der Waals surface area contributed by atoms with Gasteiger partial charge in [-0.2, -0.15) is 0 Å². The third-order valence-corrected chi connectivity index (χ3v) is 18.7. The zero-order valence-corrected chi connectivity index (χ0v) is 60.1. The molecule has 0 aliphatic rings. The number of hydrogen-bond acceptors (Lipinski definition) is 8. The van der Waals surface area contributed by atoms with E-state index in [1.54, 1.807) is 0 Å². The quantitative estimate of drug-likeness (QED) is 0.0264. The lowest BCUT2D eigenvalue weighted by Crippen LogP contribution is -2.29. The zero-order chi connectivity index (χ0) is 64.4. The van der Waals surface area contributed by atoms with Crippen LogP contribution in [0.5, 0.6) is 0 Å². The van der Waals surface area contributed by atoms with E-state index < -0.39 is 26.5 Å². The molecular weight excluding hydrogens is 1120 g/mol. The summed E-state index contributed by atoms with van der Waals surface area (Å²) < 4.78 is 33.3. The molecule has 0 saturated carbocycles. The largest absolute Gasteiger partial charge is 0.472 e. The standard InChI is InChI=1S/C79H150NO8P/c1-3-5-7-9-11-13-15-17-19-21-23-25-27-29-31-33-34-35-36-37-38-39-40-41-42-44-46-48-50-52-54-56-58-60-62-64-66-68-70-72-79(82)88-77(76-87-89(83,84)86-74-73-80)75-85-78(81)71-69-67-65-63-61-59-57-55-53-51-49-47-45-43-32-30-28-26-24-22-20-18-16-14-12-10-8-6-4-2/h15-18,21-24,77H,3-14,19-20,25-76,80H2,1-2H3,(H,83,84)/b17-15-,18-16-,23-21-,24-22-. The lowest BCUT2D eigenvalue weighted by molar-refractivity contribution is -0.161. The van der Waals surface area contributed by atoms with Crippen LogP contribution in [0.2, 0.25) is 0 Å². The van der Waals surface area contributed by atoms with Gasteiger partial charge in [-0.3, -0.25) is 18.6 Å². The van der Waals surface area contributed by atoms with Gasteiger partial charge in [0, 0.05) is 19.4 Å². The van der Waals surface area contributed by atoms with Crippen LogP contribution >= 0.6 is 7.82 Å². The Morgan fingerprint density at radius 2 is 0.584 bits per heavy atom. The van der Waals surface area contributed by atoms with E-state index in [9.17, 15) is 19.0 Å². The molecule has 0 bridgehead atoms. The summed E-state index contributed by atoms with van der Waals surface area (Å²) in [6.07, 6.45) is 96.8. The molecule has 0 rings (SSSR count). The summed E-state index contributed by atoms with van der Waals surface area (Å²) in [5.41, 5.74) is 5.41. The van der Waals surface area contributed by atoms with Gasteiger partial charge in [0.15, 0.2) is 6.10 Å². The Balaban J connectivity index is 3.75. The van der Waals surface area contributed by atoms with E-state index in [-0.39, 0.29) is 38.6 Å². The van der Waals surface area contributed by atoms with Crippen molar-refractivity contribution >= 4 is 19.8 Å². The van der Waals surface area contributed by atoms with Crippen molar-refractivity contribution in [2.75, 3.05) is 26.4 Å². The van der Waals surface area contributed by atoms with Crippen LogP contribution in [0.1, 0.15) is 412 Å². The summed E-state index contributed by atoms with van der Waals surface area (Å²) >= 11 is 0. The number of phosphoric acid groups is 1. The van der Waals surface area contributed by atoms with Gasteiger partial charge in [0.1, 0.15) is 6.61 Å². The minimum Gasteiger partial charge on any atom is -0.462 e. The van der Waals surface area contributed by atoms with Gasteiger partial charge in [-0.25, -0.2) is 4.57 Å². The molecule has 0 aromatic heterocycles. The summed E-state index contributed by atoms with van der Waals surface area (Å²) in [5.74, 6) is -0.804. The second-order valence-electron chi connectivity index (χ2n) is 26.6. The highest BCUT2D eigenvalue weighted by atomic mass is 31.2. The highest BCUT2D eigenvalue weighted by Crippen LogP contribution is 2.43. The molecule has 0 saturated heterocycles. The van der Waals surface area contributed by atoms with Crippen LogP contribution in [0.15, 0.2) is 48.6 Å². The first-order valence-corrected chi connectivity index (χ1v) is 40.6. The number of carbonyl (C=O) groups is 2. The zero-order valence-electron chi connectivity index (χ0n) is 59.2. The van der Waals surface area contributed by atoms with E-state index in [1.165, 1.54) is 334 Å². The maximum absolute atomic E-state index is 12.8. The van der Waals surface area contributed by atoms with Crippen LogP contribution in [0.25, 0.3) is 0 Å². The Bertz CT molecular complexity index is 1600. The summed E-state index contributed by atoms with van der Waals surface area (Å²) in [7, 11) is -4.39. The van der Waals surface area contributed by atoms with E-state index in [0.717, 1.165) is 44.9 Å². The molecule has 0 aliphatic heterocycles. The van der Waals surface area contributed by atoms with Gasteiger partial charge in [0.05, 0.1) is 13.2 Å². The number of carbonyl (C=O) groups excluding carboxylic acids is 2. The van der Waals surface area contributed by atoms with Gasteiger partial charge in [0.2, 0.25) is 0 Å². The van der Waals surface area contributed by atoms with Crippen LogP contribution in [0.4, 0.5) is 0 Å². The molecule has 2 atom stereocenters. The minimum absolute atomic E-state index is 0.0558. The molecule has 0 spiro atoms. The Kier molecular flexibility index (Phi) is 73.3. The predicted molar refractivity (Wildman–Crippen MR) is 386 cm³/mol. The van der Waals surface area contributed by atoms with Crippen LogP contribution in [0.3, 0.4) is 0 Å². The van der Waals surface area contributed by atoms with Gasteiger partial charge in [0.25, 0.3) is 0 Å². The minimum atomic E-state index is -4.39. The van der Waals surface area contributed by atoms with E-state index in [2.05, 4.69) is 62.5 Å². The molecule has 524 valence electrons. The number of hydrogen-bond donors (Lipinski definition) is 2. The first-order chi connectivity index (χ1) is 43.8. The first-order valence-electron chi connectivity index (χ1n) is 39.1. The lowest BCUT2D eigenvalue weighted by Gasteiger charge is -2.19. The molecule has 2 unspecified atom stereocenters. The van der Waals surface area contributed by atoms with Crippen molar-refractivity contribution in [3.63, 3.8) is 0 Å². The third-order valence-electron chi connectivity index (χ3n) is 17.7. The number of ether oxygens (including phenoxy) is 2. The Labute approximate surface area is 553 Å². The molecule has 10 heteroatoms. The number of allylic oxidation sites excluding steroid dienone is 8. The molecule has 0 radical (unpaired) electrons. The van der Waals surface area contributed by atoms with Crippen LogP contribution < -0.4 is 5.73 Å². The Morgan fingerprint density at radius 1 is 0.337 bits per heavy atom. The van der Waals surface area contributed by atoms with Gasteiger partial charge in [-0.15, -0.1) is 0 Å². The Morgan fingerprint density at radius 3 is 0.854 bits per heavy atom. The maximum atomic E-state index is 12.8. The van der Waals surface area contributed by atoms with Crippen LogP contribution in [-0.4, -0.2) is 49.3 Å². The van der Waals surface area contributed by atoms with Crippen molar-refractivity contribution in [1.82, 2.24) is 0 Å². The summed E-state index contributed by atoms with van der Waals surface area (Å²) in [4.78, 5) is 35.4. The van der Waals surface area contributed by atoms with E-state index in [0.29, 0.717) is 6.42 Å². The summed E-state index contributed by atoms with van der Waals surface area (Å²) in [6, 6.07) is 0. The molecule has 0 aromatic carbocycles. The molecule has 89 heavy (non-hydrogen) atoms. The number of phosphoric ester groups is 1. The fraction of sp³-hybridized carbons (Fsp3) is 0.873. The fourth-order valence-corrected chi connectivity index (χ4v) is 12.6. The second kappa shape index (κ2) is 75.0. The van der Waals surface area contributed by atoms with Gasteiger partial charge in [-0.1, -0.05) is 371 Å². The van der Waals surface area contributed by atoms with E-state index in [4.69, 9.17) is 24.3 Å². The normalized spacial score (nSPS) is 13.1. The van der Waals surface area contributed by atoms with Crippen molar-refractivity contribution in [2.24, 2.45) is 5.73 Å². The average molecular weight is 1270 g/mol. The van der Waals surface area contributed by atoms with Crippen molar-refractivity contribution in [2.45, 2.75) is 418 Å². The summed E-state index contributed by atoms with van der Waals surface area (Å²) in [6.45, 7) is 3.80. The SMILES string of the molecule is CCCCCCC/C=C\C/C=C\CCCCCCCCCCCCCCCCCCCCCCCCCCCCCC(=O)OC(COC(=O)CCCCCCCCCCCCCCCCCCC/C=C\C/C=C\CCCCCCC)COP(=O)(O)OCCN. The van der Waals surface area contributed by atoms with Crippen LogP contribution in [-0.2, 0) is 32.7 Å². The van der Waals surface area contributed by atoms with Crippen molar-refractivity contribution in [3.05, 3.63) is 48.6 Å². The molecule has 3 N–H and O–H groups in total. The molecule has 9 nitrogen and oxygen atoms in total. The summed E-state index contributed by atoms with van der Waals surface area (Å²) in [5, 5.41) is 0. The second-order valence-corrected chi connectivity index (χ2v) is 28.0. The van der Waals surface area contributed by atoms with Crippen molar-refractivity contribution < 1.29 is 37.6 Å². The smallest absolute Gasteiger partial charge is 0.462 e. The monoisotopic (exact) mass is 1270 g/mol. The Hall–Kier alpha value is -2.03. The van der Waals surface area contributed by atoms with E-state index >= 15 is 0 Å². The number of unbranched alkanes of at least 4 members (excludes halogenated alkanes) is 54. The molecule has 0 amide bonds. The van der Waals surface area contributed by atoms with Gasteiger partial charge in [-0.05, 0) is 77.0 Å². The molecule has 0 aliphatic carbocycles. The number of nitrogens with two attached hydrogens (primary N) is 1. The highest BCUT2D eigenvalue weighted by Gasteiger charge is 2.26. The van der Waals surface area contributed by atoms with Gasteiger partial charge < -0.3 is 20.1 Å². The fourth-order valence-electron chi connectivity index (χ4n) is 11.9. The maximum Gasteiger partial charge on any atom is 0.472 e. The lowest BCUT2D eigenvalue weighted by atomic mass is 10.0. The predicted octanol–water partition coefficient (Wildman–Crippen LogP) is 26.0. The number of rotatable bonds is 75. The van der Waals surface area contributed by atoms with Crippen LogP contribution in [0, 0.1) is 0 Å². The number of esters is 2. The van der Waals surface area contributed by atoms with Crippen molar-refractivity contribution in [3.8, 4) is 0 Å². The van der Waals surface area contributed by atoms with E-state index in [1.807, 2.05) is 0 Å². The molecule has 0 fully saturated rings. The topological polar surface area (TPSA) is 134 Å². The first kappa shape index (κ1) is 87.0.